The molecule has 120 valence electrons. The molecule has 2 aliphatic heterocycles. The third kappa shape index (κ3) is 3.76. The average molecular weight is 301 g/mol. The Hall–Kier alpha value is -1.19. The third-order valence-electron chi connectivity index (χ3n) is 5.38. The smallest absolute Gasteiger partial charge is 0.136 e. The lowest BCUT2D eigenvalue weighted by Crippen LogP contribution is -2.42. The zero-order valence-corrected chi connectivity index (χ0v) is 13.5. The monoisotopic (exact) mass is 301 g/mol. The van der Waals surface area contributed by atoms with E-state index < -0.39 is 0 Å². The molecule has 0 aromatic heterocycles. The maximum atomic E-state index is 12.4. The summed E-state index contributed by atoms with van der Waals surface area (Å²) in [6.07, 6.45) is 6.26. The second-order valence-corrected chi connectivity index (χ2v) is 6.83. The van der Waals surface area contributed by atoms with E-state index in [1.54, 1.807) is 0 Å². The summed E-state index contributed by atoms with van der Waals surface area (Å²) < 4.78 is 5.67. The first-order valence-electron chi connectivity index (χ1n) is 8.60. The fourth-order valence-corrected chi connectivity index (χ4v) is 3.99. The van der Waals surface area contributed by atoms with Gasteiger partial charge in [-0.1, -0.05) is 30.3 Å². The second kappa shape index (κ2) is 7.38. The van der Waals surface area contributed by atoms with Crippen LogP contribution >= 0.6 is 0 Å². The van der Waals surface area contributed by atoms with Crippen LogP contribution in [0.15, 0.2) is 30.3 Å². The molecule has 1 aromatic carbocycles. The van der Waals surface area contributed by atoms with Crippen LogP contribution in [0.2, 0.25) is 0 Å². The molecule has 3 nitrogen and oxygen atoms in total. The van der Waals surface area contributed by atoms with Crippen molar-refractivity contribution in [3.63, 3.8) is 0 Å². The Morgan fingerprint density at radius 2 is 1.86 bits per heavy atom. The molecular weight excluding hydrogens is 274 g/mol. The minimum Gasteiger partial charge on any atom is -0.377 e. The van der Waals surface area contributed by atoms with E-state index >= 15 is 0 Å². The molecule has 0 spiro atoms. The highest BCUT2D eigenvalue weighted by molar-refractivity contribution is 5.81. The Morgan fingerprint density at radius 3 is 2.55 bits per heavy atom. The summed E-state index contributed by atoms with van der Waals surface area (Å²) in [5, 5.41) is 0. The molecule has 1 aromatic rings. The van der Waals surface area contributed by atoms with Gasteiger partial charge in [0, 0.05) is 31.0 Å². The Kier molecular flexibility index (Phi) is 5.27. The highest BCUT2D eigenvalue weighted by Gasteiger charge is 2.40. The summed E-state index contributed by atoms with van der Waals surface area (Å²) in [6.45, 7) is 1.33. The fraction of sp³-hybridized carbons (Fsp3) is 0.632. The van der Waals surface area contributed by atoms with Crippen molar-refractivity contribution < 1.29 is 9.53 Å². The summed E-state index contributed by atoms with van der Waals surface area (Å²) in [6, 6.07) is 11.5. The summed E-state index contributed by atoms with van der Waals surface area (Å²) in [5.74, 6) is 0.774. The normalized spacial score (nSPS) is 28.0. The first-order valence-corrected chi connectivity index (χ1v) is 8.60. The fourth-order valence-electron chi connectivity index (χ4n) is 3.99. The molecule has 22 heavy (non-hydrogen) atoms. The maximum Gasteiger partial charge on any atom is 0.136 e. The van der Waals surface area contributed by atoms with Gasteiger partial charge in [0.25, 0.3) is 0 Å². The number of benzene rings is 1. The van der Waals surface area contributed by atoms with E-state index in [4.69, 9.17) is 4.74 Å². The lowest BCUT2D eigenvalue weighted by molar-refractivity contribution is -0.125. The second-order valence-electron chi connectivity index (χ2n) is 6.83. The first kappa shape index (κ1) is 15.7. The Morgan fingerprint density at radius 1 is 1.18 bits per heavy atom. The van der Waals surface area contributed by atoms with E-state index in [2.05, 4.69) is 24.1 Å². The zero-order chi connectivity index (χ0) is 15.4. The molecule has 2 bridgehead atoms. The largest absolute Gasteiger partial charge is 0.377 e. The van der Waals surface area contributed by atoms with Gasteiger partial charge in [0.15, 0.2) is 0 Å². The van der Waals surface area contributed by atoms with Gasteiger partial charge in [0.2, 0.25) is 0 Å². The van der Waals surface area contributed by atoms with Crippen molar-refractivity contribution in [1.82, 2.24) is 4.90 Å². The lowest BCUT2D eigenvalue weighted by atomic mass is 9.86. The number of carbonyl (C=O) groups is 1. The molecular formula is C19H27NO2. The van der Waals surface area contributed by atoms with Crippen molar-refractivity contribution in [1.29, 1.82) is 0 Å². The van der Waals surface area contributed by atoms with Crippen LogP contribution in [-0.2, 0) is 16.1 Å². The number of nitrogens with zero attached hydrogens (tertiary/aromatic N) is 1. The number of carbonyl (C=O) groups excluding carboxylic acids is 1. The van der Waals surface area contributed by atoms with Crippen LogP contribution in [-0.4, -0.2) is 36.4 Å². The van der Waals surface area contributed by atoms with Crippen LogP contribution in [0.25, 0.3) is 0 Å². The van der Waals surface area contributed by atoms with Crippen LogP contribution in [0.4, 0.5) is 0 Å². The molecule has 0 radical (unpaired) electrons. The topological polar surface area (TPSA) is 29.5 Å². The number of ketones is 1. The summed E-state index contributed by atoms with van der Waals surface area (Å²) in [5.41, 5.74) is 1.20. The predicted octanol–water partition coefficient (Wildman–Crippen LogP) is 3.43. The molecule has 0 amide bonds. The molecule has 2 unspecified atom stereocenters. The van der Waals surface area contributed by atoms with E-state index in [1.807, 2.05) is 18.2 Å². The number of fused-ring (bicyclic) bond motifs is 2. The maximum absolute atomic E-state index is 12.4. The lowest BCUT2D eigenvalue weighted by Gasteiger charge is -2.35. The minimum absolute atomic E-state index is 0.308. The van der Waals surface area contributed by atoms with Gasteiger partial charge < -0.3 is 9.64 Å². The van der Waals surface area contributed by atoms with Crippen molar-refractivity contribution in [3.8, 4) is 0 Å². The Bertz CT molecular complexity index is 473. The number of hydrogen-bond acceptors (Lipinski definition) is 3. The van der Waals surface area contributed by atoms with Gasteiger partial charge in [-0.2, -0.15) is 0 Å². The number of piperidine rings is 1. The molecule has 3 rings (SSSR count). The molecule has 2 atom stereocenters. The van der Waals surface area contributed by atoms with Crippen molar-refractivity contribution in [2.75, 3.05) is 13.7 Å². The highest BCUT2D eigenvalue weighted by atomic mass is 16.5. The van der Waals surface area contributed by atoms with Gasteiger partial charge in [-0.25, -0.2) is 0 Å². The Balaban J connectivity index is 1.33. The van der Waals surface area contributed by atoms with E-state index in [1.165, 1.54) is 18.4 Å². The molecule has 0 saturated carbocycles. The molecule has 0 N–H and O–H groups in total. The SMILES string of the molecule is CN1C2CCC1CC(C(=O)CCCOCc1ccccc1)C2. The van der Waals surface area contributed by atoms with Gasteiger partial charge in [0.1, 0.15) is 5.78 Å². The molecule has 3 heteroatoms. The molecule has 2 saturated heterocycles. The average Bonchev–Trinajstić information content (AvgIpc) is 2.77. The van der Waals surface area contributed by atoms with E-state index in [0.29, 0.717) is 43.4 Å². The van der Waals surface area contributed by atoms with E-state index in [0.717, 1.165) is 19.3 Å². The van der Waals surface area contributed by atoms with E-state index in [-0.39, 0.29) is 0 Å². The van der Waals surface area contributed by atoms with Crippen molar-refractivity contribution in [2.24, 2.45) is 5.92 Å². The van der Waals surface area contributed by atoms with Crippen molar-refractivity contribution in [2.45, 2.75) is 57.2 Å². The van der Waals surface area contributed by atoms with Gasteiger partial charge in [-0.15, -0.1) is 0 Å². The molecule has 2 heterocycles. The quantitative estimate of drug-likeness (QED) is 0.723. The molecule has 0 aliphatic carbocycles. The summed E-state index contributed by atoms with van der Waals surface area (Å²) in [4.78, 5) is 14.9. The third-order valence-corrected chi connectivity index (χ3v) is 5.38. The predicted molar refractivity (Wildman–Crippen MR) is 87.6 cm³/mol. The van der Waals surface area contributed by atoms with Gasteiger partial charge in [-0.3, -0.25) is 4.79 Å². The van der Waals surface area contributed by atoms with Gasteiger partial charge >= 0.3 is 0 Å². The zero-order valence-electron chi connectivity index (χ0n) is 13.5. The van der Waals surface area contributed by atoms with Crippen LogP contribution in [0, 0.1) is 5.92 Å². The number of rotatable bonds is 7. The Labute approximate surface area is 133 Å². The number of ether oxygens (including phenoxy) is 1. The summed E-state index contributed by atoms with van der Waals surface area (Å²) >= 11 is 0. The van der Waals surface area contributed by atoms with Gasteiger partial charge in [-0.05, 0) is 44.7 Å². The number of hydrogen-bond donors (Lipinski definition) is 0. The van der Waals surface area contributed by atoms with Crippen LogP contribution in [0.3, 0.4) is 0 Å². The number of Topliss-reactive ketones (excluding diaryl/α,β-unsaturated/α-hetero) is 1. The van der Waals surface area contributed by atoms with E-state index in [9.17, 15) is 4.79 Å². The van der Waals surface area contributed by atoms with Crippen LogP contribution in [0.5, 0.6) is 0 Å². The van der Waals surface area contributed by atoms with Crippen molar-refractivity contribution >= 4 is 5.78 Å². The first-order chi connectivity index (χ1) is 10.7. The van der Waals surface area contributed by atoms with Crippen molar-refractivity contribution in [3.05, 3.63) is 35.9 Å². The highest BCUT2D eigenvalue weighted by Crippen LogP contribution is 2.38. The standard InChI is InChI=1S/C19H27NO2/c1-20-17-9-10-18(20)13-16(12-17)19(21)8-5-11-22-14-15-6-3-2-4-7-15/h2-4,6-7,16-18H,5,8-14H2,1H3. The molecule has 2 aliphatic rings. The summed E-state index contributed by atoms with van der Waals surface area (Å²) in [7, 11) is 2.22. The molecule has 2 fully saturated rings. The minimum atomic E-state index is 0.308. The van der Waals surface area contributed by atoms with Crippen LogP contribution in [0.1, 0.15) is 44.1 Å². The van der Waals surface area contributed by atoms with Gasteiger partial charge in [0.05, 0.1) is 6.61 Å². The van der Waals surface area contributed by atoms with Crippen LogP contribution < -0.4 is 0 Å².